The van der Waals surface area contributed by atoms with Gasteiger partial charge in [0.25, 0.3) is 0 Å². The van der Waals surface area contributed by atoms with Crippen molar-refractivity contribution in [2.75, 3.05) is 36.5 Å². The van der Waals surface area contributed by atoms with Crippen molar-refractivity contribution >= 4 is 17.3 Å². The maximum Gasteiger partial charge on any atom is 0.241 e. The van der Waals surface area contributed by atoms with Crippen molar-refractivity contribution in [1.82, 2.24) is 15.5 Å². The van der Waals surface area contributed by atoms with Gasteiger partial charge in [-0.2, -0.15) is 10.2 Å². The first-order valence-corrected chi connectivity index (χ1v) is 8.46. The van der Waals surface area contributed by atoms with E-state index < -0.39 is 0 Å². The zero-order valence-electron chi connectivity index (χ0n) is 14.3. The van der Waals surface area contributed by atoms with Gasteiger partial charge >= 0.3 is 0 Å². The van der Waals surface area contributed by atoms with Gasteiger partial charge in [-0.05, 0) is 43.3 Å². The van der Waals surface area contributed by atoms with Gasteiger partial charge in [0, 0.05) is 37.2 Å². The molecule has 3 rings (SSSR count). The number of aromatic nitrogens is 2. The number of amides is 1. The maximum atomic E-state index is 12.3. The lowest BCUT2D eigenvalue weighted by atomic mass is 10.2. The molecule has 2 heterocycles. The molecule has 1 aromatic heterocycles. The van der Waals surface area contributed by atoms with Gasteiger partial charge in [0.05, 0.1) is 24.9 Å². The summed E-state index contributed by atoms with van der Waals surface area (Å²) >= 11 is 0. The topological polar surface area (TPSA) is 79.4 Å². The first-order valence-electron chi connectivity index (χ1n) is 8.46. The van der Waals surface area contributed by atoms with Crippen LogP contribution in [0, 0.1) is 0 Å². The molecule has 7 nitrogen and oxygen atoms in total. The van der Waals surface area contributed by atoms with Gasteiger partial charge in [-0.25, -0.2) is 0 Å². The minimum atomic E-state index is -0.332. The Morgan fingerprint density at radius 3 is 2.68 bits per heavy atom. The molecule has 132 valence electrons. The molecule has 1 atom stereocenters. The maximum absolute atomic E-state index is 12.3. The standard InChI is InChI=1S/C18H23N5O2/c1-14(19-13-16-3-2-8-20-22-16)18(24)21-15-4-6-17(7-5-15)23-9-11-25-12-10-23/h2-8,14,19H,9-13H2,1H3,(H,21,24). The molecule has 0 radical (unpaired) electrons. The Morgan fingerprint density at radius 1 is 1.24 bits per heavy atom. The predicted octanol–water partition coefficient (Wildman–Crippen LogP) is 1.43. The van der Waals surface area contributed by atoms with Crippen LogP contribution in [-0.4, -0.2) is 48.4 Å². The van der Waals surface area contributed by atoms with Crippen LogP contribution in [0.4, 0.5) is 11.4 Å². The second-order valence-corrected chi connectivity index (χ2v) is 5.95. The first-order chi connectivity index (χ1) is 12.2. The fourth-order valence-electron chi connectivity index (χ4n) is 2.61. The summed E-state index contributed by atoms with van der Waals surface area (Å²) in [7, 11) is 0. The SMILES string of the molecule is CC(NCc1cccnn1)C(=O)Nc1ccc(N2CCOCC2)cc1. The minimum absolute atomic E-state index is 0.0805. The van der Waals surface area contributed by atoms with E-state index in [1.54, 1.807) is 6.20 Å². The van der Waals surface area contributed by atoms with Crippen LogP contribution in [0.3, 0.4) is 0 Å². The Labute approximate surface area is 147 Å². The molecule has 1 saturated heterocycles. The van der Waals surface area contributed by atoms with Crippen molar-refractivity contribution in [1.29, 1.82) is 0 Å². The second-order valence-electron chi connectivity index (χ2n) is 5.95. The van der Waals surface area contributed by atoms with E-state index in [0.717, 1.165) is 43.4 Å². The lowest BCUT2D eigenvalue weighted by Crippen LogP contribution is -2.38. The van der Waals surface area contributed by atoms with Crippen LogP contribution in [0.25, 0.3) is 0 Å². The van der Waals surface area contributed by atoms with E-state index in [1.165, 1.54) is 0 Å². The van der Waals surface area contributed by atoms with E-state index in [-0.39, 0.29) is 11.9 Å². The van der Waals surface area contributed by atoms with Crippen molar-refractivity contribution in [3.63, 3.8) is 0 Å². The van der Waals surface area contributed by atoms with Crippen LogP contribution in [0.2, 0.25) is 0 Å². The van der Waals surface area contributed by atoms with Gasteiger partial charge in [-0.15, -0.1) is 0 Å². The van der Waals surface area contributed by atoms with Crippen LogP contribution in [0.1, 0.15) is 12.6 Å². The molecule has 0 bridgehead atoms. The number of hydrogen-bond acceptors (Lipinski definition) is 6. The second kappa shape index (κ2) is 8.55. The number of benzene rings is 1. The highest BCUT2D eigenvalue weighted by Gasteiger charge is 2.14. The Bertz CT molecular complexity index is 672. The molecule has 1 aliphatic heterocycles. The predicted molar refractivity (Wildman–Crippen MR) is 96.4 cm³/mol. The Morgan fingerprint density at radius 2 is 2.00 bits per heavy atom. The van der Waals surface area contributed by atoms with Crippen LogP contribution in [0.5, 0.6) is 0 Å². The van der Waals surface area contributed by atoms with E-state index in [9.17, 15) is 4.79 Å². The Hall–Kier alpha value is -2.51. The Balaban J connectivity index is 1.49. The fraction of sp³-hybridized carbons (Fsp3) is 0.389. The van der Waals surface area contributed by atoms with Crippen molar-refractivity contribution < 1.29 is 9.53 Å². The molecule has 25 heavy (non-hydrogen) atoms. The molecular weight excluding hydrogens is 318 g/mol. The van der Waals surface area contributed by atoms with Gasteiger partial charge in [0.1, 0.15) is 0 Å². The van der Waals surface area contributed by atoms with E-state index >= 15 is 0 Å². The smallest absolute Gasteiger partial charge is 0.241 e. The van der Waals surface area contributed by atoms with Crippen molar-refractivity contribution in [3.8, 4) is 0 Å². The van der Waals surface area contributed by atoms with Crippen LogP contribution < -0.4 is 15.5 Å². The lowest BCUT2D eigenvalue weighted by molar-refractivity contribution is -0.117. The molecule has 1 unspecified atom stereocenters. The molecule has 1 amide bonds. The fourth-order valence-corrected chi connectivity index (χ4v) is 2.61. The van der Waals surface area contributed by atoms with E-state index in [1.807, 2.05) is 43.3 Å². The zero-order valence-corrected chi connectivity index (χ0v) is 14.3. The number of ether oxygens (including phenoxy) is 1. The normalized spacial score (nSPS) is 15.6. The number of hydrogen-bond donors (Lipinski definition) is 2. The average Bonchev–Trinajstić information content (AvgIpc) is 2.68. The zero-order chi connectivity index (χ0) is 17.5. The van der Waals surface area contributed by atoms with Crippen LogP contribution >= 0.6 is 0 Å². The minimum Gasteiger partial charge on any atom is -0.378 e. The monoisotopic (exact) mass is 341 g/mol. The summed E-state index contributed by atoms with van der Waals surface area (Å²) in [6.45, 7) is 5.64. The highest BCUT2D eigenvalue weighted by Crippen LogP contribution is 2.19. The number of morpholine rings is 1. The molecular formula is C18H23N5O2. The molecule has 1 fully saturated rings. The number of carbonyl (C=O) groups excluding carboxylic acids is 1. The van der Waals surface area contributed by atoms with Crippen molar-refractivity contribution in [2.24, 2.45) is 0 Å². The average molecular weight is 341 g/mol. The molecule has 2 N–H and O–H groups in total. The summed E-state index contributed by atoms with van der Waals surface area (Å²) in [5.41, 5.74) is 2.74. The van der Waals surface area contributed by atoms with Gasteiger partial charge in [-0.1, -0.05) is 0 Å². The number of nitrogens with one attached hydrogen (secondary N) is 2. The summed E-state index contributed by atoms with van der Waals surface area (Å²) in [5, 5.41) is 13.9. The van der Waals surface area contributed by atoms with E-state index in [4.69, 9.17) is 4.74 Å². The third-order valence-corrected chi connectivity index (χ3v) is 4.12. The van der Waals surface area contributed by atoms with Gasteiger partial charge < -0.3 is 20.3 Å². The van der Waals surface area contributed by atoms with Gasteiger partial charge in [0.2, 0.25) is 5.91 Å². The van der Waals surface area contributed by atoms with Crippen molar-refractivity contribution in [2.45, 2.75) is 19.5 Å². The van der Waals surface area contributed by atoms with Crippen LogP contribution in [-0.2, 0) is 16.1 Å². The first kappa shape index (κ1) is 17.3. The number of nitrogens with zero attached hydrogens (tertiary/aromatic N) is 3. The summed E-state index contributed by atoms with van der Waals surface area (Å²) in [5.74, 6) is -0.0805. The summed E-state index contributed by atoms with van der Waals surface area (Å²) in [6, 6.07) is 11.3. The summed E-state index contributed by atoms with van der Waals surface area (Å²) < 4.78 is 5.36. The molecule has 1 aromatic carbocycles. The largest absolute Gasteiger partial charge is 0.378 e. The van der Waals surface area contributed by atoms with Gasteiger partial charge in [-0.3, -0.25) is 4.79 Å². The lowest BCUT2D eigenvalue weighted by Gasteiger charge is -2.29. The Kier molecular flexibility index (Phi) is 5.92. The molecule has 7 heteroatoms. The molecule has 0 aliphatic carbocycles. The van der Waals surface area contributed by atoms with Gasteiger partial charge in [0.15, 0.2) is 0 Å². The highest BCUT2D eigenvalue weighted by molar-refractivity contribution is 5.94. The molecule has 0 spiro atoms. The third kappa shape index (κ3) is 4.98. The number of rotatable bonds is 6. The number of carbonyl (C=O) groups is 1. The molecule has 1 aliphatic rings. The number of anilines is 2. The summed E-state index contributed by atoms with van der Waals surface area (Å²) in [6.07, 6.45) is 1.63. The van der Waals surface area contributed by atoms with Crippen LogP contribution in [0.15, 0.2) is 42.6 Å². The molecule has 2 aromatic rings. The quantitative estimate of drug-likeness (QED) is 0.827. The highest BCUT2D eigenvalue weighted by atomic mass is 16.5. The third-order valence-electron chi connectivity index (χ3n) is 4.12. The van der Waals surface area contributed by atoms with Crippen molar-refractivity contribution in [3.05, 3.63) is 48.3 Å². The van der Waals surface area contributed by atoms with E-state index in [2.05, 4.69) is 25.7 Å². The molecule has 0 saturated carbocycles. The summed E-state index contributed by atoms with van der Waals surface area (Å²) in [4.78, 5) is 14.6. The van der Waals surface area contributed by atoms with E-state index in [0.29, 0.717) is 6.54 Å².